The maximum Gasteiger partial charge on any atom is 0.241 e. The van der Waals surface area contributed by atoms with Crippen LogP contribution in [0.4, 0.5) is 5.69 Å². The standard InChI is InChI=1S/C12H18N2O3S/c1-9-5-3-4-6-11(9)14-12(15)10(13)7-8-18(2,16)17/h3-6,10H,7-8,13H2,1-2H3,(H,14,15)/t10-/m0/s1. The van der Waals surface area contributed by atoms with Gasteiger partial charge in [-0.25, -0.2) is 8.42 Å². The van der Waals surface area contributed by atoms with Gasteiger partial charge in [-0.1, -0.05) is 18.2 Å². The first-order chi connectivity index (χ1) is 8.29. The second-order valence-electron chi connectivity index (χ2n) is 4.33. The number of nitrogens with one attached hydrogen (secondary N) is 1. The van der Waals surface area contributed by atoms with Crippen LogP contribution in [-0.2, 0) is 14.6 Å². The van der Waals surface area contributed by atoms with E-state index in [-0.39, 0.29) is 18.1 Å². The molecule has 6 heteroatoms. The summed E-state index contributed by atoms with van der Waals surface area (Å²) in [4.78, 5) is 11.8. The molecule has 0 radical (unpaired) electrons. The van der Waals surface area contributed by atoms with Crippen LogP contribution in [0.3, 0.4) is 0 Å². The molecule has 1 rings (SSSR count). The predicted molar refractivity (Wildman–Crippen MR) is 72.1 cm³/mol. The van der Waals surface area contributed by atoms with Crippen molar-refractivity contribution in [3.05, 3.63) is 29.8 Å². The fourth-order valence-electron chi connectivity index (χ4n) is 1.41. The van der Waals surface area contributed by atoms with E-state index in [0.29, 0.717) is 5.69 Å². The lowest BCUT2D eigenvalue weighted by atomic mass is 10.1. The summed E-state index contributed by atoms with van der Waals surface area (Å²) in [6.07, 6.45) is 1.25. The Morgan fingerprint density at radius 2 is 2.00 bits per heavy atom. The van der Waals surface area contributed by atoms with Crippen LogP contribution >= 0.6 is 0 Å². The Labute approximate surface area is 107 Å². The maximum absolute atomic E-state index is 11.8. The van der Waals surface area contributed by atoms with E-state index in [1.165, 1.54) is 0 Å². The van der Waals surface area contributed by atoms with E-state index in [4.69, 9.17) is 5.73 Å². The minimum Gasteiger partial charge on any atom is -0.324 e. The second kappa shape index (κ2) is 5.97. The van der Waals surface area contributed by atoms with Crippen molar-refractivity contribution < 1.29 is 13.2 Å². The number of carbonyl (C=O) groups is 1. The first kappa shape index (κ1) is 14.7. The van der Waals surface area contributed by atoms with Gasteiger partial charge in [0.2, 0.25) is 5.91 Å². The van der Waals surface area contributed by atoms with Gasteiger partial charge in [-0.3, -0.25) is 4.79 Å². The minimum absolute atomic E-state index is 0.0879. The van der Waals surface area contributed by atoms with Crippen LogP contribution in [-0.4, -0.2) is 32.4 Å². The van der Waals surface area contributed by atoms with E-state index >= 15 is 0 Å². The fourth-order valence-corrected chi connectivity index (χ4v) is 2.09. The Balaban J connectivity index is 2.58. The van der Waals surface area contributed by atoms with E-state index in [0.717, 1.165) is 11.8 Å². The van der Waals surface area contributed by atoms with Crippen LogP contribution < -0.4 is 11.1 Å². The van der Waals surface area contributed by atoms with E-state index in [1.807, 2.05) is 25.1 Å². The molecule has 5 nitrogen and oxygen atoms in total. The van der Waals surface area contributed by atoms with Crippen molar-refractivity contribution in [2.45, 2.75) is 19.4 Å². The van der Waals surface area contributed by atoms with Crippen LogP contribution in [0.15, 0.2) is 24.3 Å². The number of nitrogens with two attached hydrogens (primary N) is 1. The normalized spacial score (nSPS) is 13.1. The number of hydrogen-bond acceptors (Lipinski definition) is 4. The lowest BCUT2D eigenvalue weighted by molar-refractivity contribution is -0.117. The summed E-state index contributed by atoms with van der Waals surface area (Å²) in [5, 5.41) is 2.69. The highest BCUT2D eigenvalue weighted by Crippen LogP contribution is 2.13. The predicted octanol–water partition coefficient (Wildman–Crippen LogP) is 0.696. The molecule has 18 heavy (non-hydrogen) atoms. The SMILES string of the molecule is Cc1ccccc1NC(=O)[C@@H](N)CCS(C)(=O)=O. The highest BCUT2D eigenvalue weighted by atomic mass is 32.2. The molecule has 0 fully saturated rings. The summed E-state index contributed by atoms with van der Waals surface area (Å²) in [5.74, 6) is -0.456. The number of anilines is 1. The van der Waals surface area contributed by atoms with Crippen molar-refractivity contribution in [1.82, 2.24) is 0 Å². The van der Waals surface area contributed by atoms with Crippen LogP contribution in [0, 0.1) is 6.92 Å². The highest BCUT2D eigenvalue weighted by molar-refractivity contribution is 7.90. The summed E-state index contributed by atoms with van der Waals surface area (Å²) in [5.41, 5.74) is 7.27. The Hall–Kier alpha value is -1.40. The molecule has 1 atom stereocenters. The van der Waals surface area contributed by atoms with E-state index in [9.17, 15) is 13.2 Å². The fraction of sp³-hybridized carbons (Fsp3) is 0.417. The Kier molecular flexibility index (Phi) is 4.86. The molecule has 0 aromatic heterocycles. The number of benzene rings is 1. The molecule has 0 aliphatic heterocycles. The number of sulfone groups is 1. The monoisotopic (exact) mass is 270 g/mol. The third-order valence-corrected chi connectivity index (χ3v) is 3.52. The number of rotatable bonds is 5. The molecule has 0 saturated heterocycles. The Bertz CT molecular complexity index is 526. The first-order valence-electron chi connectivity index (χ1n) is 5.59. The summed E-state index contributed by atoms with van der Waals surface area (Å²) >= 11 is 0. The van der Waals surface area contributed by atoms with Gasteiger partial charge < -0.3 is 11.1 Å². The van der Waals surface area contributed by atoms with Crippen LogP contribution in [0.1, 0.15) is 12.0 Å². The van der Waals surface area contributed by atoms with Gasteiger partial charge in [-0.2, -0.15) is 0 Å². The molecule has 0 aliphatic rings. The zero-order valence-corrected chi connectivity index (χ0v) is 11.3. The van der Waals surface area contributed by atoms with Crippen molar-refractivity contribution >= 4 is 21.4 Å². The second-order valence-corrected chi connectivity index (χ2v) is 6.59. The minimum atomic E-state index is -3.09. The van der Waals surface area contributed by atoms with Crippen molar-refractivity contribution in [2.75, 3.05) is 17.3 Å². The molecule has 3 N–H and O–H groups in total. The van der Waals surface area contributed by atoms with Crippen molar-refractivity contribution in [1.29, 1.82) is 0 Å². The van der Waals surface area contributed by atoms with Gasteiger partial charge in [0.05, 0.1) is 11.8 Å². The van der Waals surface area contributed by atoms with Crippen LogP contribution in [0.25, 0.3) is 0 Å². The van der Waals surface area contributed by atoms with E-state index < -0.39 is 15.9 Å². The van der Waals surface area contributed by atoms with Crippen molar-refractivity contribution in [3.63, 3.8) is 0 Å². The molecule has 0 heterocycles. The van der Waals surface area contributed by atoms with Crippen LogP contribution in [0.2, 0.25) is 0 Å². The van der Waals surface area contributed by atoms with Gasteiger partial charge in [0.15, 0.2) is 0 Å². The van der Waals surface area contributed by atoms with Gasteiger partial charge in [-0.15, -0.1) is 0 Å². The Morgan fingerprint density at radius 1 is 1.39 bits per heavy atom. The van der Waals surface area contributed by atoms with Gasteiger partial charge in [0.1, 0.15) is 9.84 Å². The van der Waals surface area contributed by atoms with Gasteiger partial charge in [-0.05, 0) is 25.0 Å². The largest absolute Gasteiger partial charge is 0.324 e. The zero-order valence-electron chi connectivity index (χ0n) is 10.5. The van der Waals surface area contributed by atoms with Crippen molar-refractivity contribution in [3.8, 4) is 0 Å². The zero-order chi connectivity index (χ0) is 13.8. The summed E-state index contributed by atoms with van der Waals surface area (Å²) in [7, 11) is -3.09. The summed E-state index contributed by atoms with van der Waals surface area (Å²) in [6, 6.07) is 6.51. The quantitative estimate of drug-likeness (QED) is 0.824. The smallest absolute Gasteiger partial charge is 0.241 e. The summed E-state index contributed by atoms with van der Waals surface area (Å²) < 4.78 is 22.0. The maximum atomic E-state index is 11.8. The molecule has 0 unspecified atom stereocenters. The number of para-hydroxylation sites is 1. The third-order valence-electron chi connectivity index (χ3n) is 2.54. The molecule has 1 aromatic carbocycles. The van der Waals surface area contributed by atoms with Crippen molar-refractivity contribution in [2.24, 2.45) is 5.73 Å². The molecule has 1 aromatic rings. The lowest BCUT2D eigenvalue weighted by Crippen LogP contribution is -2.37. The molecule has 0 aliphatic carbocycles. The summed E-state index contributed by atoms with van der Waals surface area (Å²) in [6.45, 7) is 1.87. The van der Waals surface area contributed by atoms with Gasteiger partial charge >= 0.3 is 0 Å². The van der Waals surface area contributed by atoms with E-state index in [1.54, 1.807) is 6.07 Å². The topological polar surface area (TPSA) is 89.3 Å². The van der Waals surface area contributed by atoms with E-state index in [2.05, 4.69) is 5.32 Å². The first-order valence-corrected chi connectivity index (χ1v) is 7.65. The van der Waals surface area contributed by atoms with Gasteiger partial charge in [0.25, 0.3) is 0 Å². The lowest BCUT2D eigenvalue weighted by Gasteiger charge is -2.13. The molecule has 1 amide bonds. The number of hydrogen-bond donors (Lipinski definition) is 2. The number of carbonyl (C=O) groups excluding carboxylic acids is 1. The molecule has 0 spiro atoms. The van der Waals surface area contributed by atoms with Crippen LogP contribution in [0.5, 0.6) is 0 Å². The van der Waals surface area contributed by atoms with Gasteiger partial charge in [0, 0.05) is 11.9 Å². The third kappa shape index (κ3) is 4.85. The average Bonchev–Trinajstić information content (AvgIpc) is 2.28. The average molecular weight is 270 g/mol. The molecular formula is C12H18N2O3S. The highest BCUT2D eigenvalue weighted by Gasteiger charge is 2.16. The Morgan fingerprint density at radius 3 is 2.56 bits per heavy atom. The molecule has 100 valence electrons. The molecule has 0 bridgehead atoms. The molecule has 0 saturated carbocycles. The molecular weight excluding hydrogens is 252 g/mol. The number of amides is 1. The number of aryl methyl sites for hydroxylation is 1.